The number of hydrogen-bond acceptors (Lipinski definition) is 1. The molecule has 0 spiro atoms. The van der Waals surface area contributed by atoms with Crippen molar-refractivity contribution in [2.75, 3.05) is 0 Å². The van der Waals surface area contributed by atoms with Crippen molar-refractivity contribution in [1.82, 2.24) is 0 Å². The molecule has 0 heterocycles. The molecule has 0 aromatic rings. The van der Waals surface area contributed by atoms with Crippen LogP contribution in [0.1, 0.15) is 34.1 Å². The smallest absolute Gasteiger partial charge is 0.135 e. The molecule has 0 aromatic heterocycles. The Labute approximate surface area is 64.7 Å². The second kappa shape index (κ2) is 4.32. The van der Waals surface area contributed by atoms with Gasteiger partial charge < -0.3 is 0 Å². The van der Waals surface area contributed by atoms with Crippen LogP contribution in [0.3, 0.4) is 0 Å². The third kappa shape index (κ3) is 3.49. The summed E-state index contributed by atoms with van der Waals surface area (Å²) in [6.07, 6.45) is 1.04. The van der Waals surface area contributed by atoms with Crippen LogP contribution in [0.25, 0.3) is 0 Å². The molecule has 2 radical (unpaired) electrons. The van der Waals surface area contributed by atoms with Gasteiger partial charge in [-0.3, -0.25) is 4.99 Å². The van der Waals surface area contributed by atoms with Gasteiger partial charge in [-0.15, -0.1) is 0 Å². The summed E-state index contributed by atoms with van der Waals surface area (Å²) in [7, 11) is 5.40. The van der Waals surface area contributed by atoms with Crippen LogP contribution in [0.5, 0.6) is 0 Å². The standard InChI is InChI=1S/C8H14BN/c1-5-6(2)7(3)10-8(4)9/h5H2,1-4H3/b7-6-,10-8?. The van der Waals surface area contributed by atoms with Crippen LogP contribution in [-0.4, -0.2) is 13.5 Å². The van der Waals surface area contributed by atoms with Gasteiger partial charge in [0.1, 0.15) is 7.85 Å². The molecule has 0 aliphatic rings. The van der Waals surface area contributed by atoms with E-state index in [1.807, 2.05) is 6.92 Å². The van der Waals surface area contributed by atoms with Crippen molar-refractivity contribution in [2.24, 2.45) is 4.99 Å². The summed E-state index contributed by atoms with van der Waals surface area (Å²) in [5.41, 5.74) is 2.97. The maximum Gasteiger partial charge on any atom is 0.135 e. The molecule has 0 fully saturated rings. The van der Waals surface area contributed by atoms with Crippen LogP contribution < -0.4 is 0 Å². The van der Waals surface area contributed by atoms with Crippen molar-refractivity contribution in [3.8, 4) is 0 Å². The third-order valence-corrected chi connectivity index (χ3v) is 1.49. The molecule has 0 saturated carbocycles. The van der Waals surface area contributed by atoms with Crippen molar-refractivity contribution in [3.05, 3.63) is 11.3 Å². The first-order valence-corrected chi connectivity index (χ1v) is 3.55. The van der Waals surface area contributed by atoms with E-state index in [2.05, 4.69) is 18.8 Å². The Morgan fingerprint density at radius 1 is 1.30 bits per heavy atom. The fourth-order valence-electron chi connectivity index (χ4n) is 0.616. The Kier molecular flexibility index (Phi) is 4.09. The molecule has 0 amide bonds. The molecule has 0 aliphatic heterocycles. The first-order valence-electron chi connectivity index (χ1n) is 3.55. The molecule has 0 bridgehead atoms. The Bertz CT molecular complexity index is 164. The highest BCUT2D eigenvalue weighted by atomic mass is 14.7. The van der Waals surface area contributed by atoms with Crippen molar-refractivity contribution >= 4 is 13.5 Å². The van der Waals surface area contributed by atoms with E-state index in [4.69, 9.17) is 7.85 Å². The number of rotatable bonds is 2. The van der Waals surface area contributed by atoms with Gasteiger partial charge in [-0.25, -0.2) is 0 Å². The normalized spacial score (nSPS) is 15.0. The van der Waals surface area contributed by atoms with Crippen molar-refractivity contribution in [1.29, 1.82) is 0 Å². The zero-order valence-electron chi connectivity index (χ0n) is 7.23. The van der Waals surface area contributed by atoms with E-state index in [-0.39, 0.29) is 0 Å². The van der Waals surface area contributed by atoms with Gasteiger partial charge in [-0.2, -0.15) is 0 Å². The summed E-state index contributed by atoms with van der Waals surface area (Å²) in [6.45, 7) is 7.96. The topological polar surface area (TPSA) is 12.4 Å². The third-order valence-electron chi connectivity index (χ3n) is 1.49. The molecule has 0 aromatic carbocycles. The van der Waals surface area contributed by atoms with E-state index < -0.39 is 0 Å². The molecule has 1 nitrogen and oxygen atoms in total. The van der Waals surface area contributed by atoms with Crippen LogP contribution in [0.15, 0.2) is 16.3 Å². The SMILES string of the molecule is [B]C(C)=N/C(C)=C(/C)CC. The molecule has 0 unspecified atom stereocenters. The maximum absolute atomic E-state index is 5.40. The van der Waals surface area contributed by atoms with Gasteiger partial charge in [-0.05, 0) is 32.8 Å². The summed E-state index contributed by atoms with van der Waals surface area (Å²) < 4.78 is 0. The maximum atomic E-state index is 5.40. The van der Waals surface area contributed by atoms with Crippen molar-refractivity contribution < 1.29 is 0 Å². The Morgan fingerprint density at radius 2 is 1.80 bits per heavy atom. The fourth-order valence-corrected chi connectivity index (χ4v) is 0.616. The molecule has 10 heavy (non-hydrogen) atoms. The molecular formula is C8H14BN. The monoisotopic (exact) mass is 135 g/mol. The van der Waals surface area contributed by atoms with E-state index in [0.29, 0.717) is 5.61 Å². The average molecular weight is 135 g/mol. The number of nitrogens with zero attached hydrogens (tertiary/aromatic N) is 1. The Balaban J connectivity index is 4.33. The number of aliphatic imine (C=N–C) groups is 1. The van der Waals surface area contributed by atoms with Crippen LogP contribution in [0, 0.1) is 0 Å². The summed E-state index contributed by atoms with van der Waals surface area (Å²) in [5, 5.41) is 0. The lowest BCUT2D eigenvalue weighted by molar-refractivity contribution is 1.04. The van der Waals surface area contributed by atoms with Crippen LogP contribution in [0.2, 0.25) is 0 Å². The average Bonchev–Trinajstić information content (AvgIpc) is 1.85. The fraction of sp³-hybridized carbons (Fsp3) is 0.625. The molecule has 0 N–H and O–H groups in total. The first-order chi connectivity index (χ1) is 4.57. The van der Waals surface area contributed by atoms with Gasteiger partial charge in [-0.1, -0.05) is 12.5 Å². The van der Waals surface area contributed by atoms with Gasteiger partial charge in [0, 0.05) is 5.70 Å². The van der Waals surface area contributed by atoms with Gasteiger partial charge in [0.15, 0.2) is 0 Å². The van der Waals surface area contributed by atoms with E-state index >= 15 is 0 Å². The number of hydrogen-bond donors (Lipinski definition) is 0. The Hall–Kier alpha value is -0.525. The zero-order chi connectivity index (χ0) is 8.15. The highest BCUT2D eigenvalue weighted by Crippen LogP contribution is 2.07. The molecule has 54 valence electrons. The Morgan fingerprint density at radius 3 is 2.10 bits per heavy atom. The van der Waals surface area contributed by atoms with Crippen LogP contribution >= 0.6 is 0 Å². The summed E-state index contributed by atoms with van der Waals surface area (Å²) in [4.78, 5) is 4.12. The predicted octanol–water partition coefficient (Wildman–Crippen LogP) is 2.28. The zero-order valence-corrected chi connectivity index (χ0v) is 7.23. The van der Waals surface area contributed by atoms with E-state index in [1.165, 1.54) is 5.57 Å². The quantitative estimate of drug-likeness (QED) is 0.406. The lowest BCUT2D eigenvalue weighted by Crippen LogP contribution is -1.89. The van der Waals surface area contributed by atoms with Gasteiger partial charge in [0.2, 0.25) is 0 Å². The summed E-state index contributed by atoms with van der Waals surface area (Å²) >= 11 is 0. The predicted molar refractivity (Wildman–Crippen MR) is 47.5 cm³/mol. The number of allylic oxidation sites excluding steroid dienone is 2. The second-order valence-electron chi connectivity index (χ2n) is 2.47. The largest absolute Gasteiger partial charge is 0.274 e. The van der Waals surface area contributed by atoms with Gasteiger partial charge in [0.05, 0.1) is 0 Å². The minimum Gasteiger partial charge on any atom is -0.274 e. The molecule has 0 atom stereocenters. The molecule has 0 saturated heterocycles. The summed E-state index contributed by atoms with van der Waals surface area (Å²) in [5.74, 6) is 0. The van der Waals surface area contributed by atoms with Gasteiger partial charge in [0.25, 0.3) is 0 Å². The highest BCUT2D eigenvalue weighted by molar-refractivity contribution is 6.59. The van der Waals surface area contributed by atoms with Gasteiger partial charge >= 0.3 is 0 Å². The van der Waals surface area contributed by atoms with Crippen LogP contribution in [0.4, 0.5) is 0 Å². The highest BCUT2D eigenvalue weighted by Gasteiger charge is 1.90. The lowest BCUT2D eigenvalue weighted by Gasteiger charge is -1.99. The molecule has 2 heteroatoms. The minimum atomic E-state index is 0.630. The minimum absolute atomic E-state index is 0.630. The second-order valence-corrected chi connectivity index (χ2v) is 2.47. The van der Waals surface area contributed by atoms with E-state index in [0.717, 1.165) is 12.1 Å². The first kappa shape index (κ1) is 9.47. The van der Waals surface area contributed by atoms with Crippen molar-refractivity contribution in [3.63, 3.8) is 0 Å². The molecule has 0 aliphatic carbocycles. The molecule has 0 rings (SSSR count). The molecular weight excluding hydrogens is 121 g/mol. The summed E-state index contributed by atoms with van der Waals surface area (Å²) in [6, 6.07) is 0. The van der Waals surface area contributed by atoms with E-state index in [9.17, 15) is 0 Å². The van der Waals surface area contributed by atoms with Crippen LogP contribution in [-0.2, 0) is 0 Å². The lowest BCUT2D eigenvalue weighted by atomic mass is 10.0. The van der Waals surface area contributed by atoms with Crippen molar-refractivity contribution in [2.45, 2.75) is 34.1 Å². The van der Waals surface area contributed by atoms with E-state index in [1.54, 1.807) is 6.92 Å².